The summed E-state index contributed by atoms with van der Waals surface area (Å²) in [7, 11) is 0. The Morgan fingerprint density at radius 2 is 1.84 bits per heavy atom. The maximum absolute atomic E-state index is 10.6. The van der Waals surface area contributed by atoms with E-state index in [2.05, 4.69) is 42.8 Å². The van der Waals surface area contributed by atoms with Crippen LogP contribution >= 0.6 is 0 Å². The van der Waals surface area contributed by atoms with E-state index in [9.17, 15) is 5.11 Å². The Kier molecular flexibility index (Phi) is 4.05. The fraction of sp³-hybridized carbons (Fsp3) is 0.812. The van der Waals surface area contributed by atoms with Crippen LogP contribution in [0.3, 0.4) is 0 Å². The number of aliphatic hydroxyl groups is 1. The second-order valence-corrected chi connectivity index (χ2v) is 7.28. The van der Waals surface area contributed by atoms with Crippen molar-refractivity contribution < 1.29 is 5.11 Å². The zero-order valence-electron chi connectivity index (χ0n) is 12.8. The van der Waals surface area contributed by atoms with Crippen LogP contribution in [-0.4, -0.2) is 20.5 Å². The van der Waals surface area contributed by atoms with Gasteiger partial charge in [0, 0.05) is 12.6 Å². The van der Waals surface area contributed by atoms with Crippen molar-refractivity contribution in [1.82, 2.24) is 9.78 Å². The van der Waals surface area contributed by atoms with Gasteiger partial charge in [-0.15, -0.1) is 0 Å². The Hall–Kier alpha value is -0.830. The summed E-state index contributed by atoms with van der Waals surface area (Å²) in [6, 6.07) is 2.64. The molecule has 2 rings (SSSR count). The largest absolute Gasteiger partial charge is 0.389 e. The summed E-state index contributed by atoms with van der Waals surface area (Å²) >= 11 is 0. The maximum Gasteiger partial charge on any atom is 0.0723 e. The lowest BCUT2D eigenvalue weighted by Gasteiger charge is -2.36. The molecule has 3 nitrogen and oxygen atoms in total. The molecule has 0 amide bonds. The third-order valence-corrected chi connectivity index (χ3v) is 4.75. The van der Waals surface area contributed by atoms with E-state index in [0.717, 1.165) is 5.69 Å². The molecule has 1 aliphatic carbocycles. The topological polar surface area (TPSA) is 38.0 Å². The minimum Gasteiger partial charge on any atom is -0.389 e. The zero-order valence-corrected chi connectivity index (χ0v) is 12.8. The van der Waals surface area contributed by atoms with E-state index in [1.165, 1.54) is 32.1 Å². The molecule has 0 spiro atoms. The highest BCUT2D eigenvalue weighted by atomic mass is 16.3. The summed E-state index contributed by atoms with van der Waals surface area (Å²) in [5, 5.41) is 15.3. The lowest BCUT2D eigenvalue weighted by atomic mass is 9.75. The highest BCUT2D eigenvalue weighted by Crippen LogP contribution is 2.33. The lowest BCUT2D eigenvalue weighted by Crippen LogP contribution is -2.41. The van der Waals surface area contributed by atoms with Crippen LogP contribution in [0.25, 0.3) is 0 Å². The summed E-state index contributed by atoms with van der Waals surface area (Å²) in [5.41, 5.74) is 0.144. The molecule has 0 bridgehead atoms. The molecule has 3 heteroatoms. The SMILES string of the molecule is CC(C)(C)C(C)(O)Cc1ccn(C2CCCCC2)n1. The summed E-state index contributed by atoms with van der Waals surface area (Å²) in [4.78, 5) is 0. The number of aromatic nitrogens is 2. The van der Waals surface area contributed by atoms with Gasteiger partial charge in [-0.3, -0.25) is 4.68 Å². The molecule has 1 N–H and O–H groups in total. The third-order valence-electron chi connectivity index (χ3n) is 4.75. The van der Waals surface area contributed by atoms with Crippen LogP contribution in [0.5, 0.6) is 0 Å². The molecule has 1 heterocycles. The van der Waals surface area contributed by atoms with Gasteiger partial charge in [0.2, 0.25) is 0 Å². The van der Waals surface area contributed by atoms with Gasteiger partial charge in [0.25, 0.3) is 0 Å². The molecular weight excluding hydrogens is 236 g/mol. The molecule has 1 fully saturated rings. The van der Waals surface area contributed by atoms with Crippen molar-refractivity contribution in [3.63, 3.8) is 0 Å². The number of hydrogen-bond donors (Lipinski definition) is 1. The second-order valence-electron chi connectivity index (χ2n) is 7.28. The van der Waals surface area contributed by atoms with Crippen molar-refractivity contribution in [3.8, 4) is 0 Å². The fourth-order valence-electron chi connectivity index (χ4n) is 2.64. The Bertz CT molecular complexity index is 409. The predicted molar refractivity (Wildman–Crippen MR) is 78.1 cm³/mol. The van der Waals surface area contributed by atoms with Gasteiger partial charge in [0.05, 0.1) is 17.3 Å². The molecule has 1 aromatic heterocycles. The summed E-state index contributed by atoms with van der Waals surface area (Å²) < 4.78 is 2.12. The zero-order chi connectivity index (χ0) is 14.1. The van der Waals surface area contributed by atoms with Crippen LogP contribution in [0.1, 0.15) is 71.5 Å². The van der Waals surface area contributed by atoms with Gasteiger partial charge in [-0.25, -0.2) is 0 Å². The number of nitrogens with zero attached hydrogens (tertiary/aromatic N) is 2. The average molecular weight is 264 g/mol. The average Bonchev–Trinajstić information content (AvgIpc) is 2.76. The number of hydrogen-bond acceptors (Lipinski definition) is 2. The molecular formula is C16H28N2O. The first-order valence-electron chi connectivity index (χ1n) is 7.56. The third kappa shape index (κ3) is 3.38. The monoisotopic (exact) mass is 264 g/mol. The van der Waals surface area contributed by atoms with Crippen LogP contribution < -0.4 is 0 Å². The standard InChI is InChI=1S/C16H28N2O/c1-15(2,3)16(4,19)12-13-10-11-18(17-13)14-8-6-5-7-9-14/h10-11,14,19H,5-9,12H2,1-4H3. The summed E-state index contributed by atoms with van der Waals surface area (Å²) in [6.45, 7) is 8.13. The molecule has 19 heavy (non-hydrogen) atoms. The van der Waals surface area contributed by atoms with Crippen LogP contribution in [0, 0.1) is 5.41 Å². The van der Waals surface area contributed by atoms with Gasteiger partial charge in [-0.1, -0.05) is 40.0 Å². The molecule has 0 aromatic carbocycles. The fourth-order valence-corrected chi connectivity index (χ4v) is 2.64. The molecule has 0 radical (unpaired) electrons. The van der Waals surface area contributed by atoms with Crippen LogP contribution in [-0.2, 0) is 6.42 Å². The van der Waals surface area contributed by atoms with Gasteiger partial charge >= 0.3 is 0 Å². The smallest absolute Gasteiger partial charge is 0.0723 e. The summed E-state index contributed by atoms with van der Waals surface area (Å²) in [6.07, 6.45) is 9.20. The van der Waals surface area contributed by atoms with Crippen molar-refractivity contribution in [1.29, 1.82) is 0 Å². The molecule has 1 aromatic rings. The van der Waals surface area contributed by atoms with E-state index in [1.54, 1.807) is 0 Å². The Balaban J connectivity index is 2.05. The van der Waals surface area contributed by atoms with Crippen LogP contribution in [0.2, 0.25) is 0 Å². The Labute approximate surface area is 117 Å². The van der Waals surface area contributed by atoms with E-state index in [1.807, 2.05) is 6.92 Å². The van der Waals surface area contributed by atoms with Crippen LogP contribution in [0.4, 0.5) is 0 Å². The van der Waals surface area contributed by atoms with Crippen molar-refractivity contribution in [2.45, 2.75) is 77.9 Å². The van der Waals surface area contributed by atoms with Gasteiger partial charge in [0.15, 0.2) is 0 Å². The van der Waals surface area contributed by atoms with Crippen molar-refractivity contribution in [2.24, 2.45) is 5.41 Å². The predicted octanol–water partition coefficient (Wildman–Crippen LogP) is 3.73. The van der Waals surface area contributed by atoms with Gasteiger partial charge in [-0.05, 0) is 31.2 Å². The van der Waals surface area contributed by atoms with Crippen LogP contribution in [0.15, 0.2) is 12.3 Å². The first kappa shape index (κ1) is 14.6. The molecule has 108 valence electrons. The highest BCUT2D eigenvalue weighted by molar-refractivity contribution is 5.06. The minimum absolute atomic E-state index is 0.137. The Morgan fingerprint density at radius 1 is 1.21 bits per heavy atom. The first-order chi connectivity index (χ1) is 8.79. The highest BCUT2D eigenvalue weighted by Gasteiger charge is 2.36. The molecule has 1 saturated carbocycles. The minimum atomic E-state index is -0.723. The second kappa shape index (κ2) is 5.28. The van der Waals surface area contributed by atoms with E-state index < -0.39 is 5.60 Å². The van der Waals surface area contributed by atoms with Gasteiger partial charge in [-0.2, -0.15) is 5.10 Å². The maximum atomic E-state index is 10.6. The van der Waals surface area contributed by atoms with Gasteiger partial charge in [0.1, 0.15) is 0 Å². The van der Waals surface area contributed by atoms with E-state index in [-0.39, 0.29) is 5.41 Å². The quantitative estimate of drug-likeness (QED) is 0.903. The summed E-state index contributed by atoms with van der Waals surface area (Å²) in [5.74, 6) is 0. The molecule has 1 atom stereocenters. The van der Waals surface area contributed by atoms with Crippen molar-refractivity contribution in [3.05, 3.63) is 18.0 Å². The molecule has 0 aliphatic heterocycles. The lowest BCUT2D eigenvalue weighted by molar-refractivity contribution is -0.0414. The molecule has 1 aliphatic rings. The normalized spacial score (nSPS) is 21.3. The van der Waals surface area contributed by atoms with E-state index in [4.69, 9.17) is 0 Å². The van der Waals surface area contributed by atoms with Crippen molar-refractivity contribution >= 4 is 0 Å². The van der Waals surface area contributed by atoms with E-state index >= 15 is 0 Å². The number of rotatable bonds is 3. The molecule has 1 unspecified atom stereocenters. The molecule has 0 saturated heterocycles. The van der Waals surface area contributed by atoms with E-state index in [0.29, 0.717) is 12.5 Å². The Morgan fingerprint density at radius 3 is 2.42 bits per heavy atom. The first-order valence-corrected chi connectivity index (χ1v) is 7.56. The van der Waals surface area contributed by atoms with Crippen molar-refractivity contribution in [2.75, 3.05) is 0 Å². The van der Waals surface area contributed by atoms with Gasteiger partial charge < -0.3 is 5.11 Å².